The van der Waals surface area contributed by atoms with Gasteiger partial charge in [0.05, 0.1) is 17.2 Å². The van der Waals surface area contributed by atoms with Crippen LogP contribution in [-0.2, 0) is 28.4 Å². The van der Waals surface area contributed by atoms with Crippen molar-refractivity contribution < 1.29 is 48.2 Å². The Kier molecular flexibility index (Phi) is 7.70. The van der Waals surface area contributed by atoms with E-state index in [2.05, 4.69) is 0 Å². The van der Waals surface area contributed by atoms with E-state index in [1.165, 1.54) is 14.2 Å². The molecule has 4 rings (SSSR count). The van der Waals surface area contributed by atoms with Crippen molar-refractivity contribution in [3.05, 3.63) is 71.8 Å². The lowest BCUT2D eigenvalue weighted by molar-refractivity contribution is -0.465. The first-order valence-corrected chi connectivity index (χ1v) is 11.9. The Hall–Kier alpha value is -2.86. The Morgan fingerprint density at radius 1 is 0.892 bits per heavy atom. The lowest BCUT2D eigenvalue weighted by Crippen LogP contribution is -2.74. The maximum absolute atomic E-state index is 13.0. The molecule has 10 heteroatoms. The Morgan fingerprint density at radius 2 is 1.41 bits per heavy atom. The number of ether oxygens (including phenoxy) is 6. The molecule has 0 bridgehead atoms. The van der Waals surface area contributed by atoms with E-state index in [1.807, 2.05) is 0 Å². The number of aliphatic hydroxyl groups excluding tert-OH is 1. The maximum Gasteiger partial charge on any atom is 0.338 e. The molecular formula is C27H32O10. The van der Waals surface area contributed by atoms with Gasteiger partial charge in [0.15, 0.2) is 6.10 Å². The highest BCUT2D eigenvalue weighted by atomic mass is 16.8. The minimum atomic E-state index is -2.04. The number of fused-ring (bicyclic) bond motifs is 1. The second-order valence-corrected chi connectivity index (χ2v) is 9.47. The Morgan fingerprint density at radius 3 is 1.95 bits per heavy atom. The number of benzene rings is 2. The van der Waals surface area contributed by atoms with Crippen molar-refractivity contribution in [1.29, 1.82) is 0 Å². The summed E-state index contributed by atoms with van der Waals surface area (Å²) >= 11 is 0. The predicted octanol–water partition coefficient (Wildman–Crippen LogP) is 2.07. The molecule has 2 aliphatic rings. The van der Waals surface area contributed by atoms with E-state index in [-0.39, 0.29) is 17.5 Å². The number of hydrogen-bond donors (Lipinski definition) is 2. The topological polar surface area (TPSA) is 130 Å². The molecule has 0 radical (unpaired) electrons. The van der Waals surface area contributed by atoms with Crippen LogP contribution >= 0.6 is 0 Å². The summed E-state index contributed by atoms with van der Waals surface area (Å²) in [5.74, 6) is -4.29. The van der Waals surface area contributed by atoms with E-state index >= 15 is 0 Å². The van der Waals surface area contributed by atoms with Gasteiger partial charge in [0.2, 0.25) is 11.6 Å². The summed E-state index contributed by atoms with van der Waals surface area (Å²) in [4.78, 5) is 25.5. The number of methoxy groups -OCH3 is 2. The van der Waals surface area contributed by atoms with Crippen LogP contribution in [0, 0.1) is 0 Å². The molecule has 2 aromatic carbocycles. The van der Waals surface area contributed by atoms with Gasteiger partial charge < -0.3 is 38.6 Å². The molecule has 10 nitrogen and oxygen atoms in total. The van der Waals surface area contributed by atoms with E-state index in [4.69, 9.17) is 28.4 Å². The third kappa shape index (κ3) is 5.13. The molecule has 37 heavy (non-hydrogen) atoms. The average molecular weight is 517 g/mol. The van der Waals surface area contributed by atoms with Crippen molar-refractivity contribution >= 4 is 11.9 Å². The van der Waals surface area contributed by atoms with Gasteiger partial charge in [-0.3, -0.25) is 0 Å². The first kappa shape index (κ1) is 27.2. The van der Waals surface area contributed by atoms with Gasteiger partial charge >= 0.3 is 11.9 Å². The van der Waals surface area contributed by atoms with E-state index in [1.54, 1.807) is 74.5 Å². The molecular weight excluding hydrogens is 484 g/mol. The van der Waals surface area contributed by atoms with E-state index in [0.717, 1.165) is 0 Å². The Labute approximate surface area is 215 Å². The van der Waals surface area contributed by atoms with Crippen LogP contribution in [0.5, 0.6) is 0 Å². The van der Waals surface area contributed by atoms with Gasteiger partial charge in [-0.05, 0) is 38.1 Å². The fourth-order valence-electron chi connectivity index (χ4n) is 4.65. The lowest BCUT2D eigenvalue weighted by Gasteiger charge is -2.57. The number of aliphatic hydroxyl groups is 2. The molecule has 1 saturated heterocycles. The Balaban J connectivity index is 1.63. The van der Waals surface area contributed by atoms with Crippen molar-refractivity contribution in [2.24, 2.45) is 0 Å². The fraction of sp³-hybridized carbons (Fsp3) is 0.481. The highest BCUT2D eigenvalue weighted by Gasteiger charge is 2.65. The minimum absolute atomic E-state index is 0.209. The van der Waals surface area contributed by atoms with Gasteiger partial charge in [-0.2, -0.15) is 0 Å². The largest absolute Gasteiger partial charge is 0.459 e. The minimum Gasteiger partial charge on any atom is -0.459 e. The van der Waals surface area contributed by atoms with Crippen molar-refractivity contribution in [2.75, 3.05) is 20.8 Å². The summed E-state index contributed by atoms with van der Waals surface area (Å²) in [6, 6.07) is 16.4. The highest BCUT2D eigenvalue weighted by molar-refractivity contribution is 5.90. The summed E-state index contributed by atoms with van der Waals surface area (Å²) < 4.78 is 34.6. The number of esters is 2. The standard InChI is InChI=1S/C27H32O10/c1-25(32-3)26(2,33-4)37-20-19(36-25)15-27(31,16-34-23(29)17-11-7-5-8-12-17)22(28)21(20)35-24(30)18-13-9-6-10-14-18/h5-14,19-22,28,31H,15-16H2,1-4H3/t19-,20+,21-,22+,25+,26+,27+/m1/s1. The van der Waals surface area contributed by atoms with Crippen molar-refractivity contribution in [3.8, 4) is 0 Å². The zero-order valence-electron chi connectivity index (χ0n) is 21.2. The maximum atomic E-state index is 13.0. The molecule has 0 unspecified atom stereocenters. The van der Waals surface area contributed by atoms with Crippen LogP contribution in [0.1, 0.15) is 41.0 Å². The average Bonchev–Trinajstić information content (AvgIpc) is 2.92. The summed E-state index contributed by atoms with van der Waals surface area (Å²) in [5.41, 5.74) is -1.52. The smallest absolute Gasteiger partial charge is 0.338 e. The van der Waals surface area contributed by atoms with Crippen LogP contribution in [0.3, 0.4) is 0 Å². The van der Waals surface area contributed by atoms with E-state index < -0.39 is 60.1 Å². The third-order valence-corrected chi connectivity index (χ3v) is 7.16. The molecule has 0 spiro atoms. The predicted molar refractivity (Wildman–Crippen MR) is 129 cm³/mol. The zero-order valence-corrected chi connectivity index (χ0v) is 21.2. The van der Waals surface area contributed by atoms with E-state index in [0.29, 0.717) is 0 Å². The van der Waals surface area contributed by atoms with E-state index in [9.17, 15) is 19.8 Å². The second kappa shape index (κ2) is 10.5. The van der Waals surface area contributed by atoms with Crippen LogP contribution in [0.15, 0.2) is 60.7 Å². The number of hydrogen-bond acceptors (Lipinski definition) is 10. The molecule has 2 N–H and O–H groups in total. The van der Waals surface area contributed by atoms with Gasteiger partial charge in [0.1, 0.15) is 24.4 Å². The monoisotopic (exact) mass is 516 g/mol. The van der Waals surface area contributed by atoms with Gasteiger partial charge in [-0.25, -0.2) is 9.59 Å². The zero-order chi connectivity index (χ0) is 26.8. The highest BCUT2D eigenvalue weighted by Crippen LogP contribution is 2.46. The number of rotatable bonds is 7. The summed E-state index contributed by atoms with van der Waals surface area (Å²) in [6.07, 6.45) is -5.27. The summed E-state index contributed by atoms with van der Waals surface area (Å²) in [7, 11) is 2.82. The Bertz CT molecular complexity index is 1090. The molecule has 0 amide bonds. The second-order valence-electron chi connectivity index (χ2n) is 9.47. The van der Waals surface area contributed by atoms with Gasteiger partial charge in [0.25, 0.3) is 0 Å². The summed E-state index contributed by atoms with van der Waals surface area (Å²) in [5, 5.41) is 22.8. The molecule has 1 heterocycles. The lowest BCUT2D eigenvalue weighted by atomic mass is 9.76. The van der Waals surface area contributed by atoms with Crippen molar-refractivity contribution in [2.45, 2.75) is 61.9 Å². The van der Waals surface area contributed by atoms with Gasteiger partial charge in [-0.15, -0.1) is 0 Å². The van der Waals surface area contributed by atoms with Crippen LogP contribution in [0.25, 0.3) is 0 Å². The van der Waals surface area contributed by atoms with Crippen LogP contribution in [0.2, 0.25) is 0 Å². The normalized spacial score (nSPS) is 35.3. The van der Waals surface area contributed by atoms with Crippen molar-refractivity contribution in [1.82, 2.24) is 0 Å². The number of carbonyl (C=O) groups excluding carboxylic acids is 2. The molecule has 1 aliphatic carbocycles. The van der Waals surface area contributed by atoms with Crippen LogP contribution in [0.4, 0.5) is 0 Å². The summed E-state index contributed by atoms with van der Waals surface area (Å²) in [6.45, 7) is 2.62. The van der Waals surface area contributed by atoms with Crippen LogP contribution < -0.4 is 0 Å². The third-order valence-electron chi connectivity index (χ3n) is 7.16. The molecule has 200 valence electrons. The quantitative estimate of drug-likeness (QED) is 0.528. The first-order valence-electron chi connectivity index (χ1n) is 11.9. The van der Waals surface area contributed by atoms with Crippen LogP contribution in [-0.4, -0.2) is 84.6 Å². The molecule has 2 aromatic rings. The molecule has 0 aromatic heterocycles. The van der Waals surface area contributed by atoms with Gasteiger partial charge in [0, 0.05) is 20.6 Å². The molecule has 1 saturated carbocycles. The fourth-order valence-corrected chi connectivity index (χ4v) is 4.65. The van der Waals surface area contributed by atoms with Crippen molar-refractivity contribution in [3.63, 3.8) is 0 Å². The van der Waals surface area contributed by atoms with Gasteiger partial charge in [-0.1, -0.05) is 36.4 Å². The molecule has 2 fully saturated rings. The SMILES string of the molecule is CO[C@@]1(C)O[C@@H]2[C@@H](OC(=O)c3ccccc3)[C@H](O)[C@@](O)(COC(=O)c3ccccc3)C[C@H]2O[C@]1(C)OC. The molecule has 1 aliphatic heterocycles. The molecule has 7 atom stereocenters. The number of carbonyl (C=O) groups is 2. The first-order chi connectivity index (χ1) is 17.6.